The molecule has 2 N–H and O–H groups in total. The molecule has 4 rings (SSSR count). The number of carbonyl (C=O) groups is 2. The summed E-state index contributed by atoms with van der Waals surface area (Å²) < 4.78 is 58.9. The summed E-state index contributed by atoms with van der Waals surface area (Å²) in [5.74, 6) is -1.22. The van der Waals surface area contributed by atoms with Gasteiger partial charge in [-0.2, -0.15) is 4.31 Å². The maximum atomic E-state index is 12.7. The minimum atomic E-state index is -3.86. The van der Waals surface area contributed by atoms with Crippen LogP contribution in [0.1, 0.15) is 93.4 Å². The first-order chi connectivity index (χ1) is 21.1. The van der Waals surface area contributed by atoms with Gasteiger partial charge in [0, 0.05) is 32.7 Å². The van der Waals surface area contributed by atoms with Crippen molar-refractivity contribution in [1.82, 2.24) is 4.31 Å². The van der Waals surface area contributed by atoms with Gasteiger partial charge in [-0.15, -0.1) is 0 Å². The van der Waals surface area contributed by atoms with E-state index in [9.17, 15) is 31.5 Å². The minimum absolute atomic E-state index is 0. The van der Waals surface area contributed by atoms with Crippen molar-refractivity contribution in [2.24, 2.45) is 0 Å². The molecule has 1 atom stereocenters. The van der Waals surface area contributed by atoms with Crippen molar-refractivity contribution >= 4 is 73.6 Å². The van der Waals surface area contributed by atoms with Gasteiger partial charge in [0.05, 0.1) is 47.3 Å². The molecule has 268 valence electrons. The normalized spacial score (nSPS) is 17.4. The maximum absolute atomic E-state index is 12.7. The van der Waals surface area contributed by atoms with E-state index < -0.39 is 37.1 Å². The lowest BCUT2D eigenvalue weighted by atomic mass is 10.2. The summed E-state index contributed by atoms with van der Waals surface area (Å²) in [6, 6.07) is 8.18. The highest BCUT2D eigenvalue weighted by molar-refractivity contribution is 9.10. The van der Waals surface area contributed by atoms with Gasteiger partial charge in [-0.3, -0.25) is 0 Å². The number of methoxy groups -OCH3 is 2. The van der Waals surface area contributed by atoms with Gasteiger partial charge >= 0.3 is 11.9 Å². The summed E-state index contributed by atoms with van der Waals surface area (Å²) in [5, 5.41) is 18.7. The molecule has 1 heterocycles. The third-order valence-electron chi connectivity index (χ3n) is 6.99. The Labute approximate surface area is 300 Å². The number of rotatable bonds is 5. The Morgan fingerprint density at radius 1 is 0.702 bits per heavy atom. The number of nitrogens with zero attached hydrogens (tertiary/aromatic N) is 1. The fraction of sp³-hybridized carbons (Fsp3) is 0.548. The third kappa shape index (κ3) is 15.2. The SMILES string of the molecule is C.C.COC(=O)c1cc(Br)cc(S(=O)(=O)Cl)c1.COC(=O)c1cc(Br)cc(S(=O)(=O)N2CCCC(O)CC2)c1.OC1CCCCCC1. The van der Waals surface area contributed by atoms with Gasteiger partial charge < -0.3 is 19.7 Å². The number of carbonyl (C=O) groups excluding carboxylic acids is 2. The predicted molar refractivity (Wildman–Crippen MR) is 190 cm³/mol. The van der Waals surface area contributed by atoms with Gasteiger partial charge in [-0.1, -0.05) is 72.4 Å². The summed E-state index contributed by atoms with van der Waals surface area (Å²) in [5.41, 5.74) is 0.288. The average Bonchev–Trinajstić information content (AvgIpc) is 3.37. The zero-order chi connectivity index (χ0) is 33.8. The van der Waals surface area contributed by atoms with Gasteiger partial charge in [0.2, 0.25) is 10.0 Å². The van der Waals surface area contributed by atoms with Crippen LogP contribution in [-0.2, 0) is 28.5 Å². The highest BCUT2D eigenvalue weighted by atomic mass is 79.9. The molecule has 1 aliphatic heterocycles. The van der Waals surface area contributed by atoms with Crippen LogP contribution in [-0.4, -0.2) is 82.8 Å². The topological polar surface area (TPSA) is 165 Å². The van der Waals surface area contributed by atoms with Crippen molar-refractivity contribution in [1.29, 1.82) is 0 Å². The summed E-state index contributed by atoms with van der Waals surface area (Å²) >= 11 is 6.29. The van der Waals surface area contributed by atoms with E-state index in [-0.39, 0.29) is 48.4 Å². The lowest BCUT2D eigenvalue weighted by Crippen LogP contribution is -2.32. The molecule has 2 aromatic rings. The number of hydrogen-bond donors (Lipinski definition) is 2. The molecule has 2 aromatic carbocycles. The molecule has 47 heavy (non-hydrogen) atoms. The molecule has 0 bridgehead atoms. The molecular formula is C31H46Br2ClNO10S2. The van der Waals surface area contributed by atoms with E-state index in [0.717, 1.165) is 18.9 Å². The molecule has 16 heteroatoms. The third-order valence-corrected chi connectivity index (χ3v) is 11.1. The summed E-state index contributed by atoms with van der Waals surface area (Å²) in [6.45, 7) is 0.628. The number of esters is 2. The van der Waals surface area contributed by atoms with Crippen molar-refractivity contribution in [3.8, 4) is 0 Å². The zero-order valence-electron chi connectivity index (χ0n) is 25.0. The van der Waals surface area contributed by atoms with Gasteiger partial charge in [0.1, 0.15) is 0 Å². The molecule has 1 saturated heterocycles. The Hall–Kier alpha value is -1.59. The Bertz CT molecular complexity index is 1520. The molecule has 0 spiro atoms. The Morgan fingerprint density at radius 3 is 1.60 bits per heavy atom. The smallest absolute Gasteiger partial charge is 0.337 e. The van der Waals surface area contributed by atoms with Crippen molar-refractivity contribution in [2.45, 2.75) is 94.6 Å². The number of ether oxygens (including phenoxy) is 2. The first kappa shape index (κ1) is 45.4. The maximum Gasteiger partial charge on any atom is 0.337 e. The van der Waals surface area contributed by atoms with Crippen molar-refractivity contribution in [3.05, 3.63) is 56.5 Å². The van der Waals surface area contributed by atoms with Crippen LogP contribution in [0.15, 0.2) is 55.1 Å². The van der Waals surface area contributed by atoms with Gasteiger partial charge in [0.15, 0.2) is 0 Å². The van der Waals surface area contributed by atoms with Crippen LogP contribution in [0.2, 0.25) is 0 Å². The van der Waals surface area contributed by atoms with E-state index in [0.29, 0.717) is 34.8 Å². The highest BCUT2D eigenvalue weighted by Crippen LogP contribution is 2.26. The van der Waals surface area contributed by atoms with Crippen LogP contribution < -0.4 is 0 Å². The van der Waals surface area contributed by atoms with Crippen LogP contribution in [0.25, 0.3) is 0 Å². The van der Waals surface area contributed by atoms with E-state index >= 15 is 0 Å². The molecular weight excluding hydrogens is 806 g/mol. The molecule has 1 saturated carbocycles. The molecule has 2 fully saturated rings. The van der Waals surface area contributed by atoms with Crippen molar-refractivity contribution in [3.63, 3.8) is 0 Å². The zero-order valence-corrected chi connectivity index (χ0v) is 30.5. The van der Waals surface area contributed by atoms with Crippen LogP contribution >= 0.6 is 42.5 Å². The van der Waals surface area contributed by atoms with E-state index in [1.807, 2.05) is 0 Å². The van der Waals surface area contributed by atoms with Gasteiger partial charge in [-0.25, -0.2) is 26.4 Å². The standard InChI is InChI=1S/C14H18BrNO5S.C8H6BrClO4S.C7H14O.2CH4/c1-21-14(18)10-7-11(15)9-13(8-10)22(19,20)16-5-2-3-12(17)4-6-16;1-14-8(11)5-2-6(9)4-7(3-5)15(10,12)13;8-7-5-3-1-2-4-6-7;;/h7-9,12,17H,2-6H2,1H3;2-4H,1H3;7-8H,1-6H2;2*1H4. The first-order valence-electron chi connectivity index (χ1n) is 14.2. The van der Waals surface area contributed by atoms with E-state index in [4.69, 9.17) is 15.8 Å². The van der Waals surface area contributed by atoms with E-state index in [2.05, 4.69) is 41.3 Å². The quantitative estimate of drug-likeness (QED) is 0.184. The number of sulfonamides is 1. The fourth-order valence-corrected chi connectivity index (χ4v) is 8.24. The molecule has 1 aliphatic carbocycles. The van der Waals surface area contributed by atoms with Crippen LogP contribution in [0.5, 0.6) is 0 Å². The van der Waals surface area contributed by atoms with Crippen LogP contribution in [0.4, 0.5) is 0 Å². The number of aliphatic hydroxyl groups is 2. The monoisotopic (exact) mass is 849 g/mol. The van der Waals surface area contributed by atoms with Crippen molar-refractivity contribution < 1.29 is 46.1 Å². The second kappa shape index (κ2) is 21.5. The number of hydrogen-bond acceptors (Lipinski definition) is 10. The molecule has 0 amide bonds. The molecule has 2 aliphatic rings. The molecule has 0 aromatic heterocycles. The van der Waals surface area contributed by atoms with E-state index in [1.54, 1.807) is 0 Å². The van der Waals surface area contributed by atoms with Gasteiger partial charge in [0.25, 0.3) is 9.05 Å². The van der Waals surface area contributed by atoms with E-state index in [1.165, 1.54) is 74.5 Å². The molecule has 11 nitrogen and oxygen atoms in total. The average molecular weight is 852 g/mol. The van der Waals surface area contributed by atoms with Crippen molar-refractivity contribution in [2.75, 3.05) is 27.3 Å². The first-order valence-corrected chi connectivity index (χ1v) is 19.5. The molecule has 1 unspecified atom stereocenters. The second-order valence-corrected chi connectivity index (χ2v) is 16.7. The fourth-order valence-electron chi connectivity index (χ4n) is 4.59. The summed E-state index contributed by atoms with van der Waals surface area (Å²) in [6.07, 6.45) is 8.40. The summed E-state index contributed by atoms with van der Waals surface area (Å²) in [7, 11) is 0.0335. The largest absolute Gasteiger partial charge is 0.465 e. The number of benzene rings is 2. The Kier molecular flexibility index (Phi) is 20.8. The lowest BCUT2D eigenvalue weighted by molar-refractivity contribution is 0.0591. The predicted octanol–water partition coefficient (Wildman–Crippen LogP) is 6.91. The highest BCUT2D eigenvalue weighted by Gasteiger charge is 2.28. The summed E-state index contributed by atoms with van der Waals surface area (Å²) in [4.78, 5) is 22.7. The number of aliphatic hydroxyl groups excluding tert-OH is 2. The van der Waals surface area contributed by atoms with Gasteiger partial charge in [-0.05, 0) is 68.5 Å². The van der Waals surface area contributed by atoms with Crippen LogP contribution in [0.3, 0.4) is 0 Å². The Balaban J connectivity index is 0.000000733. The second-order valence-electron chi connectivity index (χ2n) is 10.4. The molecule has 0 radical (unpaired) electrons. The number of halogens is 3. The lowest BCUT2D eigenvalue weighted by Gasteiger charge is -2.20. The Morgan fingerprint density at radius 2 is 1.13 bits per heavy atom. The van der Waals surface area contributed by atoms with Crippen LogP contribution in [0, 0.1) is 0 Å². The minimum Gasteiger partial charge on any atom is -0.465 e.